The Balaban J connectivity index is 3.09. The third-order valence-electron chi connectivity index (χ3n) is 5.54. The molecule has 0 aromatic carbocycles. The van der Waals surface area contributed by atoms with Gasteiger partial charge in [-0.1, -0.05) is 76.9 Å². The fraction of sp³-hybridized carbons (Fsp3) is 0.926. The Kier molecular flexibility index (Phi) is 23.0. The summed E-state index contributed by atoms with van der Waals surface area (Å²) in [6.07, 6.45) is 26.1. The summed E-state index contributed by atoms with van der Waals surface area (Å²) < 4.78 is 12.4. The summed E-state index contributed by atoms with van der Waals surface area (Å²) in [7, 11) is 6.72. The van der Waals surface area contributed by atoms with Crippen LogP contribution in [0.3, 0.4) is 0 Å². The predicted octanol–water partition coefficient (Wildman–Crippen LogP) is 7.54. The molecule has 0 radical (unpaired) electrons. The quantitative estimate of drug-likeness (QED) is 0.0901. The highest BCUT2D eigenvalue weighted by Gasteiger charge is 2.05. The molecule has 0 rings (SSSR count). The van der Waals surface area contributed by atoms with E-state index in [0.29, 0.717) is 0 Å². The van der Waals surface area contributed by atoms with Crippen molar-refractivity contribution in [3.8, 4) is 0 Å². The van der Waals surface area contributed by atoms with Crippen LogP contribution < -0.4 is 0 Å². The Morgan fingerprint density at radius 2 is 0.933 bits per heavy atom. The van der Waals surface area contributed by atoms with Gasteiger partial charge in [-0.3, -0.25) is 0 Å². The molecule has 0 spiro atoms. The number of rotatable bonds is 24. The van der Waals surface area contributed by atoms with Crippen molar-refractivity contribution in [1.82, 2.24) is 0 Å². The molecule has 0 aliphatic carbocycles. The molecule has 0 fully saturated rings. The van der Waals surface area contributed by atoms with Gasteiger partial charge in [0.25, 0.3) is 0 Å². The van der Waals surface area contributed by atoms with E-state index in [-0.39, 0.29) is 0 Å². The third-order valence-corrected chi connectivity index (χ3v) is 5.54. The molecule has 0 aliphatic heterocycles. The van der Waals surface area contributed by atoms with Crippen molar-refractivity contribution in [2.75, 3.05) is 54.1 Å². The second-order valence-electron chi connectivity index (χ2n) is 9.88. The summed E-state index contributed by atoms with van der Waals surface area (Å²) in [6, 6.07) is 0. The van der Waals surface area contributed by atoms with Crippen LogP contribution in [-0.2, 0) is 9.47 Å². The maximum absolute atomic E-state index is 5.68. The van der Waals surface area contributed by atoms with Crippen molar-refractivity contribution in [1.29, 1.82) is 0 Å². The lowest BCUT2D eigenvalue weighted by Crippen LogP contribution is -2.35. The van der Waals surface area contributed by atoms with Crippen molar-refractivity contribution in [2.24, 2.45) is 0 Å². The normalized spacial score (nSPS) is 12.3. The maximum atomic E-state index is 5.68. The zero-order valence-corrected chi connectivity index (χ0v) is 21.3. The number of nitrogens with zero attached hydrogens (tertiary/aromatic N) is 1. The molecule has 0 aliphatic rings. The molecule has 3 nitrogen and oxygen atoms in total. The van der Waals surface area contributed by atoms with Crippen molar-refractivity contribution in [2.45, 2.75) is 110 Å². The van der Waals surface area contributed by atoms with Crippen LogP contribution in [0.25, 0.3) is 0 Å². The summed E-state index contributed by atoms with van der Waals surface area (Å²) in [4.78, 5) is 0. The lowest BCUT2D eigenvalue weighted by Gasteiger charge is -2.23. The van der Waals surface area contributed by atoms with Gasteiger partial charge in [-0.15, -0.1) is 0 Å². The van der Waals surface area contributed by atoms with Crippen LogP contribution in [0.15, 0.2) is 12.2 Å². The number of unbranched alkanes of at least 4 members (excludes halogenated alkanes) is 13. The number of hydrogen-bond donors (Lipinski definition) is 0. The van der Waals surface area contributed by atoms with E-state index in [1.807, 2.05) is 0 Å². The van der Waals surface area contributed by atoms with Gasteiger partial charge >= 0.3 is 0 Å². The monoisotopic (exact) mass is 426 g/mol. The first-order valence-electron chi connectivity index (χ1n) is 13.2. The van der Waals surface area contributed by atoms with Gasteiger partial charge in [0.05, 0.1) is 40.9 Å². The average molecular weight is 427 g/mol. The second kappa shape index (κ2) is 23.3. The first kappa shape index (κ1) is 29.6. The van der Waals surface area contributed by atoms with Crippen LogP contribution in [0.1, 0.15) is 110 Å². The zero-order chi connectivity index (χ0) is 22.2. The molecule has 0 aromatic heterocycles. The van der Waals surface area contributed by atoms with Crippen LogP contribution in [0, 0.1) is 0 Å². The van der Waals surface area contributed by atoms with Gasteiger partial charge in [-0.05, 0) is 44.9 Å². The fourth-order valence-corrected chi connectivity index (χ4v) is 3.56. The van der Waals surface area contributed by atoms with Crippen LogP contribution in [0.5, 0.6) is 0 Å². The molecule has 0 aromatic rings. The topological polar surface area (TPSA) is 18.5 Å². The summed E-state index contributed by atoms with van der Waals surface area (Å²) >= 11 is 0. The lowest BCUT2D eigenvalue weighted by atomic mass is 10.1. The summed E-state index contributed by atoms with van der Waals surface area (Å²) in [5.74, 6) is 0. The molecule has 0 unspecified atom stereocenters. The Morgan fingerprint density at radius 3 is 1.43 bits per heavy atom. The molecule has 0 bridgehead atoms. The zero-order valence-electron chi connectivity index (χ0n) is 21.3. The van der Waals surface area contributed by atoms with E-state index in [0.717, 1.165) is 37.3 Å². The van der Waals surface area contributed by atoms with Crippen LogP contribution >= 0.6 is 0 Å². The van der Waals surface area contributed by atoms with E-state index in [2.05, 4.69) is 40.2 Å². The molecule has 0 N–H and O–H groups in total. The number of hydrogen-bond acceptors (Lipinski definition) is 2. The summed E-state index contributed by atoms with van der Waals surface area (Å²) in [6.45, 7) is 6.77. The molecule has 0 amide bonds. The molecule has 0 heterocycles. The minimum absolute atomic E-state index is 0.747. The van der Waals surface area contributed by atoms with Crippen LogP contribution in [-0.4, -0.2) is 58.6 Å². The van der Waals surface area contributed by atoms with E-state index in [9.17, 15) is 0 Å². The van der Waals surface area contributed by atoms with Gasteiger partial charge < -0.3 is 14.0 Å². The highest BCUT2D eigenvalue weighted by Crippen LogP contribution is 2.10. The second-order valence-corrected chi connectivity index (χ2v) is 9.88. The Hall–Kier alpha value is -0.380. The largest absolute Gasteiger partial charge is 0.379 e. The molecular weight excluding hydrogens is 370 g/mol. The van der Waals surface area contributed by atoms with Crippen molar-refractivity contribution >= 4 is 0 Å². The molecule has 180 valence electrons. The SMILES string of the molecule is CCCCCCCC/C=C\CCCCCCCCOCCOCCCC[N+](C)(C)C. The molecule has 0 atom stereocenters. The van der Waals surface area contributed by atoms with Crippen molar-refractivity contribution in [3.05, 3.63) is 12.2 Å². The van der Waals surface area contributed by atoms with E-state index < -0.39 is 0 Å². The Morgan fingerprint density at radius 1 is 0.500 bits per heavy atom. The summed E-state index contributed by atoms with van der Waals surface area (Å²) in [5.41, 5.74) is 0. The van der Waals surface area contributed by atoms with Gasteiger partial charge in [-0.2, -0.15) is 0 Å². The van der Waals surface area contributed by atoms with Crippen molar-refractivity contribution in [3.63, 3.8) is 0 Å². The van der Waals surface area contributed by atoms with E-state index >= 15 is 0 Å². The lowest BCUT2D eigenvalue weighted by molar-refractivity contribution is -0.870. The molecule has 0 saturated carbocycles. The first-order chi connectivity index (χ1) is 14.6. The van der Waals surface area contributed by atoms with Gasteiger partial charge in [0.2, 0.25) is 0 Å². The van der Waals surface area contributed by atoms with Gasteiger partial charge in [0, 0.05) is 13.2 Å². The van der Waals surface area contributed by atoms with Gasteiger partial charge in [0.1, 0.15) is 0 Å². The van der Waals surface area contributed by atoms with E-state index in [4.69, 9.17) is 9.47 Å². The highest BCUT2D eigenvalue weighted by molar-refractivity contribution is 4.81. The number of quaternary nitrogens is 1. The fourth-order valence-electron chi connectivity index (χ4n) is 3.56. The molecule has 3 heteroatoms. The van der Waals surface area contributed by atoms with Gasteiger partial charge in [-0.25, -0.2) is 0 Å². The van der Waals surface area contributed by atoms with Crippen LogP contribution in [0.4, 0.5) is 0 Å². The Labute approximate surface area is 190 Å². The third kappa shape index (κ3) is 27.6. The predicted molar refractivity (Wildman–Crippen MR) is 133 cm³/mol. The summed E-state index contributed by atoms with van der Waals surface area (Å²) in [5, 5.41) is 0. The standard InChI is InChI=1S/C27H56NO2/c1-5-6-7-8-9-10-11-12-13-14-15-16-17-18-19-21-24-29-26-27-30-25-22-20-23-28(2,3)4/h12-13H,5-11,14-27H2,1-4H3/q+1/b13-12-. The number of ether oxygens (including phenoxy) is 2. The van der Waals surface area contributed by atoms with E-state index in [1.165, 1.54) is 103 Å². The minimum Gasteiger partial charge on any atom is -0.379 e. The van der Waals surface area contributed by atoms with Gasteiger partial charge in [0.15, 0.2) is 0 Å². The smallest absolute Gasteiger partial charge is 0.0781 e. The Bertz CT molecular complexity index is 349. The molecule has 30 heavy (non-hydrogen) atoms. The highest BCUT2D eigenvalue weighted by atomic mass is 16.5. The first-order valence-corrected chi connectivity index (χ1v) is 13.2. The molecular formula is C27H56NO2+. The molecule has 0 saturated heterocycles. The maximum Gasteiger partial charge on any atom is 0.0781 e. The minimum atomic E-state index is 0.747. The van der Waals surface area contributed by atoms with Crippen molar-refractivity contribution < 1.29 is 14.0 Å². The average Bonchev–Trinajstić information content (AvgIpc) is 2.70. The number of allylic oxidation sites excluding steroid dienone is 2. The van der Waals surface area contributed by atoms with E-state index in [1.54, 1.807) is 0 Å². The van der Waals surface area contributed by atoms with Crippen LogP contribution in [0.2, 0.25) is 0 Å².